The molecule has 3 rings (SSSR count). The van der Waals surface area contributed by atoms with E-state index in [4.69, 9.17) is 0 Å². The fourth-order valence-corrected chi connectivity index (χ4v) is 5.50. The standard InChI is InChI=1S/C19H16N2O6S2/c1-11-15(9-17(22)23)18-16(21-11)8-3-12(10-20)19(18)29(26,27)14-6-4-13(5-7-14)28(2,24)25/h3-8,11H,9H2,1-2H3,(H,22,23). The summed E-state index contributed by atoms with van der Waals surface area (Å²) in [5, 5.41) is 19.2. The Morgan fingerprint density at radius 1 is 1.10 bits per heavy atom. The summed E-state index contributed by atoms with van der Waals surface area (Å²) in [7, 11) is -7.77. The van der Waals surface area contributed by atoms with E-state index in [1.54, 1.807) is 6.92 Å². The Bertz CT molecular complexity index is 1400. The average molecular weight is 432 g/mol. The largest absolute Gasteiger partial charge is 0.481 e. The van der Waals surface area contributed by atoms with Crippen molar-refractivity contribution in [3.63, 3.8) is 0 Å². The van der Waals surface area contributed by atoms with Crippen LogP contribution in [0.5, 0.6) is 0 Å². The summed E-state index contributed by atoms with van der Waals surface area (Å²) < 4.78 is 50.0. The van der Waals surface area contributed by atoms with Gasteiger partial charge in [-0.05, 0) is 48.9 Å². The van der Waals surface area contributed by atoms with E-state index in [1.807, 2.05) is 6.07 Å². The van der Waals surface area contributed by atoms with Crippen molar-refractivity contribution in [2.75, 3.05) is 6.26 Å². The molecular formula is C19H16N2O6S2. The maximum atomic E-state index is 13.4. The second kappa shape index (κ2) is 7.09. The first kappa shape index (κ1) is 20.7. The average Bonchev–Trinajstić information content (AvgIpc) is 2.95. The molecule has 1 heterocycles. The maximum absolute atomic E-state index is 13.4. The molecule has 1 unspecified atom stereocenters. The van der Waals surface area contributed by atoms with Gasteiger partial charge in [-0.2, -0.15) is 5.26 Å². The molecule has 1 atom stereocenters. The van der Waals surface area contributed by atoms with E-state index >= 15 is 0 Å². The summed E-state index contributed by atoms with van der Waals surface area (Å²) in [5.74, 6) is -1.14. The maximum Gasteiger partial charge on any atom is 0.307 e. The number of nitrogens with zero attached hydrogens (tertiary/aromatic N) is 2. The van der Waals surface area contributed by atoms with E-state index in [1.165, 1.54) is 24.3 Å². The Hall–Kier alpha value is -3.03. The van der Waals surface area contributed by atoms with Gasteiger partial charge in [0.05, 0.1) is 38.1 Å². The van der Waals surface area contributed by atoms with Gasteiger partial charge in [0.15, 0.2) is 9.84 Å². The number of rotatable bonds is 5. The minimum atomic E-state index is -4.25. The van der Waals surface area contributed by atoms with Crippen molar-refractivity contribution in [3.8, 4) is 6.07 Å². The molecule has 8 nitrogen and oxygen atoms in total. The minimum Gasteiger partial charge on any atom is -0.481 e. The molecule has 0 bridgehead atoms. The second-order valence-electron chi connectivity index (χ2n) is 6.60. The van der Waals surface area contributed by atoms with Gasteiger partial charge >= 0.3 is 5.97 Å². The van der Waals surface area contributed by atoms with Gasteiger partial charge in [-0.25, -0.2) is 16.8 Å². The van der Waals surface area contributed by atoms with Crippen LogP contribution >= 0.6 is 0 Å². The van der Waals surface area contributed by atoms with Crippen molar-refractivity contribution in [3.05, 3.63) is 52.5 Å². The highest BCUT2D eigenvalue weighted by molar-refractivity contribution is 7.91. The van der Waals surface area contributed by atoms with Gasteiger partial charge in [0, 0.05) is 11.5 Å². The number of carbonyl (C=O) groups is 1. The molecule has 0 radical (unpaired) electrons. The molecule has 2 aromatic rings. The lowest BCUT2D eigenvalue weighted by molar-refractivity contribution is -0.135. The topological polar surface area (TPSA) is 142 Å². The van der Waals surface area contributed by atoms with Crippen molar-refractivity contribution in [1.29, 1.82) is 5.26 Å². The van der Waals surface area contributed by atoms with Crippen molar-refractivity contribution in [2.24, 2.45) is 4.99 Å². The molecule has 1 aliphatic heterocycles. The molecule has 10 heteroatoms. The smallest absolute Gasteiger partial charge is 0.307 e. The van der Waals surface area contributed by atoms with Crippen molar-refractivity contribution in [2.45, 2.75) is 34.1 Å². The number of carboxylic acid groups (broad SMARTS) is 1. The van der Waals surface area contributed by atoms with Crippen molar-refractivity contribution >= 4 is 31.2 Å². The predicted octanol–water partition coefficient (Wildman–Crippen LogP) is 0.442. The lowest BCUT2D eigenvalue weighted by Gasteiger charge is -2.10. The molecule has 0 saturated heterocycles. The Labute approximate surface area is 167 Å². The summed E-state index contributed by atoms with van der Waals surface area (Å²) in [5.41, 5.74) is 0.166. The number of aliphatic carboxylic acids is 1. The molecule has 0 aliphatic carbocycles. The summed E-state index contributed by atoms with van der Waals surface area (Å²) in [6, 6.07) is 8.77. The van der Waals surface area contributed by atoms with E-state index in [9.17, 15) is 32.0 Å². The highest BCUT2D eigenvalue weighted by atomic mass is 32.2. The van der Waals surface area contributed by atoms with Gasteiger partial charge in [0.2, 0.25) is 9.84 Å². The number of benzene rings is 2. The zero-order valence-corrected chi connectivity index (χ0v) is 17.1. The summed E-state index contributed by atoms with van der Waals surface area (Å²) >= 11 is 0. The van der Waals surface area contributed by atoms with Gasteiger partial charge in [0.25, 0.3) is 0 Å². The van der Waals surface area contributed by atoms with Crippen LogP contribution in [0.25, 0.3) is 5.57 Å². The quantitative estimate of drug-likeness (QED) is 0.722. The molecule has 150 valence electrons. The van der Waals surface area contributed by atoms with Gasteiger partial charge in [-0.3, -0.25) is 9.79 Å². The Morgan fingerprint density at radius 3 is 2.21 bits per heavy atom. The van der Waals surface area contributed by atoms with Crippen LogP contribution in [0.1, 0.15) is 18.9 Å². The number of hydrogen-bond acceptors (Lipinski definition) is 7. The highest BCUT2D eigenvalue weighted by Gasteiger charge is 2.29. The minimum absolute atomic E-state index is 0.0444. The van der Waals surface area contributed by atoms with E-state index in [0.29, 0.717) is 10.9 Å². The molecule has 0 spiro atoms. The third-order valence-corrected chi connectivity index (χ3v) is 7.57. The van der Waals surface area contributed by atoms with E-state index in [2.05, 4.69) is 4.99 Å². The molecule has 1 aliphatic rings. The van der Waals surface area contributed by atoms with Crippen molar-refractivity contribution < 1.29 is 26.7 Å². The monoisotopic (exact) mass is 432 g/mol. The molecule has 0 saturated carbocycles. The Morgan fingerprint density at radius 2 is 1.69 bits per heavy atom. The first-order valence-electron chi connectivity index (χ1n) is 8.38. The predicted molar refractivity (Wildman–Crippen MR) is 102 cm³/mol. The molecule has 29 heavy (non-hydrogen) atoms. The fraction of sp³-hybridized carbons (Fsp3) is 0.211. The second-order valence-corrected chi connectivity index (χ2v) is 10.5. The van der Waals surface area contributed by atoms with Crippen LogP contribution in [-0.4, -0.2) is 40.2 Å². The first-order valence-corrected chi connectivity index (χ1v) is 11.8. The molecule has 2 aromatic carbocycles. The first-order chi connectivity index (χ1) is 13.5. The number of hydrogen-bond donors (Lipinski definition) is 1. The van der Waals surface area contributed by atoms with Gasteiger partial charge in [-0.1, -0.05) is 0 Å². The Kier molecular flexibility index (Phi) is 5.06. The van der Waals surface area contributed by atoms with Crippen LogP contribution in [0.4, 0.5) is 0 Å². The Balaban J connectivity index is 2.36. The fourth-order valence-electron chi connectivity index (χ4n) is 3.24. The number of nitriles is 1. The lowest BCUT2D eigenvalue weighted by Crippen LogP contribution is -2.31. The number of carboxylic acids is 1. The molecule has 0 aromatic heterocycles. The molecule has 0 amide bonds. The number of fused-ring (bicyclic) bond motifs is 1. The van der Waals surface area contributed by atoms with Gasteiger partial charge in [-0.15, -0.1) is 0 Å². The lowest BCUT2D eigenvalue weighted by atomic mass is 10.0. The van der Waals surface area contributed by atoms with Crippen LogP contribution in [0.2, 0.25) is 0 Å². The van der Waals surface area contributed by atoms with E-state index < -0.39 is 38.1 Å². The zero-order chi connectivity index (χ0) is 21.6. The van der Waals surface area contributed by atoms with E-state index in [0.717, 1.165) is 18.4 Å². The van der Waals surface area contributed by atoms with Crippen LogP contribution < -0.4 is 10.6 Å². The number of sulfone groups is 2. The molecule has 1 N–H and O–H groups in total. The molecule has 0 fully saturated rings. The van der Waals surface area contributed by atoms with Crippen molar-refractivity contribution in [1.82, 2.24) is 0 Å². The van der Waals surface area contributed by atoms with Gasteiger partial charge < -0.3 is 5.11 Å². The zero-order valence-electron chi connectivity index (χ0n) is 15.4. The van der Waals surface area contributed by atoms with Crippen LogP contribution in [-0.2, 0) is 24.5 Å². The summed E-state index contributed by atoms with van der Waals surface area (Å²) in [6.45, 7) is 1.65. The van der Waals surface area contributed by atoms with Crippen LogP contribution in [0.3, 0.4) is 0 Å². The van der Waals surface area contributed by atoms with Gasteiger partial charge in [0.1, 0.15) is 6.07 Å². The third kappa shape index (κ3) is 3.66. The summed E-state index contributed by atoms with van der Waals surface area (Å²) in [6.07, 6.45) is 0.590. The van der Waals surface area contributed by atoms with Crippen LogP contribution in [0.15, 0.2) is 56.1 Å². The normalized spacial score (nSPS) is 16.0. The SMILES string of the molecule is CC1N=c2ccc(C#N)c(S(=O)(=O)c3ccc(S(C)(=O)=O)cc3)c2=C1CC(=O)O. The van der Waals surface area contributed by atoms with Crippen LogP contribution in [0, 0.1) is 11.3 Å². The summed E-state index contributed by atoms with van der Waals surface area (Å²) in [4.78, 5) is 15.1. The third-order valence-electron chi connectivity index (χ3n) is 4.59. The molecular weight excluding hydrogens is 416 g/mol. The highest BCUT2D eigenvalue weighted by Crippen LogP contribution is 2.24. The van der Waals surface area contributed by atoms with E-state index in [-0.39, 0.29) is 25.5 Å².